The first-order valence-corrected chi connectivity index (χ1v) is 6.68. The van der Waals surface area contributed by atoms with E-state index in [4.69, 9.17) is 0 Å². The molecule has 0 spiro atoms. The standard InChI is InChI=1S/C16H21NO2/c1-10-5-6-13(11(2)7-10)15-14(18)8-12(16(15)19)9-17(3)4/h5-7,12,15H,8-9H2,1-4H3. The van der Waals surface area contributed by atoms with Crippen LogP contribution in [0.4, 0.5) is 0 Å². The van der Waals surface area contributed by atoms with Crippen LogP contribution in [0.3, 0.4) is 0 Å². The molecule has 1 aromatic rings. The summed E-state index contributed by atoms with van der Waals surface area (Å²) in [6.07, 6.45) is 0.384. The lowest BCUT2D eigenvalue weighted by molar-refractivity contribution is -0.124. The second kappa shape index (κ2) is 5.25. The number of Topliss-reactive ketones (excluding diaryl/α,β-unsaturated/α-hetero) is 2. The molecule has 0 radical (unpaired) electrons. The molecule has 2 rings (SSSR count). The van der Waals surface area contributed by atoms with E-state index < -0.39 is 5.92 Å². The average Bonchev–Trinajstić information content (AvgIpc) is 2.55. The average molecular weight is 259 g/mol. The Morgan fingerprint density at radius 2 is 1.89 bits per heavy atom. The monoisotopic (exact) mass is 259 g/mol. The van der Waals surface area contributed by atoms with Crippen LogP contribution in [-0.4, -0.2) is 37.1 Å². The Hall–Kier alpha value is -1.48. The molecule has 1 aromatic carbocycles. The minimum absolute atomic E-state index is 0.0730. The van der Waals surface area contributed by atoms with Gasteiger partial charge in [0.05, 0.1) is 0 Å². The Balaban J connectivity index is 2.30. The lowest BCUT2D eigenvalue weighted by Gasteiger charge is -2.15. The van der Waals surface area contributed by atoms with E-state index in [1.54, 1.807) is 0 Å². The van der Waals surface area contributed by atoms with Crippen molar-refractivity contribution in [2.24, 2.45) is 5.92 Å². The van der Waals surface area contributed by atoms with Crippen molar-refractivity contribution in [2.75, 3.05) is 20.6 Å². The summed E-state index contributed by atoms with van der Waals surface area (Å²) in [5.74, 6) is -0.520. The fourth-order valence-electron chi connectivity index (χ4n) is 2.93. The zero-order valence-corrected chi connectivity index (χ0v) is 12.1. The van der Waals surface area contributed by atoms with Gasteiger partial charge in [-0.15, -0.1) is 0 Å². The normalized spacial score (nSPS) is 23.4. The molecule has 0 aromatic heterocycles. The zero-order valence-electron chi connectivity index (χ0n) is 12.1. The Morgan fingerprint density at radius 1 is 1.21 bits per heavy atom. The highest BCUT2D eigenvalue weighted by molar-refractivity contribution is 6.14. The third-order valence-electron chi connectivity index (χ3n) is 3.78. The fourth-order valence-corrected chi connectivity index (χ4v) is 2.93. The van der Waals surface area contributed by atoms with E-state index in [0.29, 0.717) is 13.0 Å². The molecule has 0 heterocycles. The smallest absolute Gasteiger partial charge is 0.152 e. The van der Waals surface area contributed by atoms with Gasteiger partial charge in [0.15, 0.2) is 5.78 Å². The molecule has 1 aliphatic rings. The van der Waals surface area contributed by atoms with Gasteiger partial charge in [0.25, 0.3) is 0 Å². The molecule has 1 fully saturated rings. The van der Waals surface area contributed by atoms with Gasteiger partial charge in [0, 0.05) is 18.9 Å². The molecule has 0 saturated heterocycles. The highest BCUT2D eigenvalue weighted by Gasteiger charge is 2.42. The van der Waals surface area contributed by atoms with Crippen LogP contribution in [0.15, 0.2) is 18.2 Å². The van der Waals surface area contributed by atoms with Crippen LogP contribution in [0.1, 0.15) is 29.0 Å². The van der Waals surface area contributed by atoms with E-state index in [-0.39, 0.29) is 17.5 Å². The number of hydrogen-bond acceptors (Lipinski definition) is 3. The largest absolute Gasteiger partial charge is 0.309 e. The summed E-state index contributed by atoms with van der Waals surface area (Å²) >= 11 is 0. The summed E-state index contributed by atoms with van der Waals surface area (Å²) < 4.78 is 0. The lowest BCUT2D eigenvalue weighted by Crippen LogP contribution is -2.26. The maximum Gasteiger partial charge on any atom is 0.152 e. The van der Waals surface area contributed by atoms with Crippen molar-refractivity contribution in [2.45, 2.75) is 26.2 Å². The topological polar surface area (TPSA) is 37.4 Å². The molecule has 3 nitrogen and oxygen atoms in total. The number of carbonyl (C=O) groups is 2. The maximum absolute atomic E-state index is 12.4. The van der Waals surface area contributed by atoms with Gasteiger partial charge in [-0.05, 0) is 39.1 Å². The summed E-state index contributed by atoms with van der Waals surface area (Å²) in [7, 11) is 3.87. The molecule has 1 aliphatic carbocycles. The van der Waals surface area contributed by atoms with E-state index in [9.17, 15) is 9.59 Å². The van der Waals surface area contributed by atoms with E-state index in [1.807, 2.05) is 51.0 Å². The molecule has 0 bridgehead atoms. The highest BCUT2D eigenvalue weighted by atomic mass is 16.2. The molecule has 2 atom stereocenters. The van der Waals surface area contributed by atoms with Crippen molar-refractivity contribution in [3.63, 3.8) is 0 Å². The van der Waals surface area contributed by atoms with E-state index >= 15 is 0 Å². The van der Waals surface area contributed by atoms with Gasteiger partial charge in [0.1, 0.15) is 11.7 Å². The van der Waals surface area contributed by atoms with Crippen molar-refractivity contribution in [3.8, 4) is 0 Å². The minimum Gasteiger partial charge on any atom is -0.309 e. The Labute approximate surface area is 114 Å². The van der Waals surface area contributed by atoms with Gasteiger partial charge in [0.2, 0.25) is 0 Å². The summed E-state index contributed by atoms with van der Waals surface area (Å²) in [4.78, 5) is 26.6. The van der Waals surface area contributed by atoms with Crippen molar-refractivity contribution in [3.05, 3.63) is 34.9 Å². The molecule has 0 amide bonds. The second-order valence-corrected chi connectivity index (χ2v) is 5.83. The van der Waals surface area contributed by atoms with Gasteiger partial charge in [-0.3, -0.25) is 9.59 Å². The molecule has 2 unspecified atom stereocenters. The number of carbonyl (C=O) groups excluding carboxylic acids is 2. The van der Waals surface area contributed by atoms with Gasteiger partial charge in [-0.25, -0.2) is 0 Å². The van der Waals surface area contributed by atoms with Gasteiger partial charge in [-0.1, -0.05) is 23.8 Å². The Bertz CT molecular complexity index is 519. The van der Waals surface area contributed by atoms with Crippen molar-refractivity contribution in [1.29, 1.82) is 0 Å². The molecule has 0 aliphatic heterocycles. The van der Waals surface area contributed by atoms with Crippen LogP contribution >= 0.6 is 0 Å². The predicted octanol–water partition coefficient (Wildman–Crippen LogP) is 2.11. The maximum atomic E-state index is 12.4. The predicted molar refractivity (Wildman–Crippen MR) is 75.3 cm³/mol. The molecule has 102 valence electrons. The van der Waals surface area contributed by atoms with Gasteiger partial charge >= 0.3 is 0 Å². The number of benzene rings is 1. The van der Waals surface area contributed by atoms with Crippen LogP contribution in [0.25, 0.3) is 0 Å². The summed E-state index contributed by atoms with van der Waals surface area (Å²) in [5, 5.41) is 0. The summed E-state index contributed by atoms with van der Waals surface area (Å²) in [5.41, 5.74) is 3.09. The van der Waals surface area contributed by atoms with Crippen molar-refractivity contribution < 1.29 is 9.59 Å². The molecule has 19 heavy (non-hydrogen) atoms. The van der Waals surface area contributed by atoms with Crippen LogP contribution in [-0.2, 0) is 9.59 Å². The van der Waals surface area contributed by atoms with Gasteiger partial charge in [-0.2, -0.15) is 0 Å². The van der Waals surface area contributed by atoms with Crippen LogP contribution in [0.2, 0.25) is 0 Å². The number of nitrogens with zero attached hydrogens (tertiary/aromatic N) is 1. The number of hydrogen-bond donors (Lipinski definition) is 0. The van der Waals surface area contributed by atoms with Crippen LogP contribution in [0, 0.1) is 19.8 Å². The quantitative estimate of drug-likeness (QED) is 0.780. The third-order valence-corrected chi connectivity index (χ3v) is 3.78. The Kier molecular flexibility index (Phi) is 3.85. The molecule has 1 saturated carbocycles. The number of ketones is 2. The van der Waals surface area contributed by atoms with Gasteiger partial charge < -0.3 is 4.90 Å². The van der Waals surface area contributed by atoms with E-state index in [2.05, 4.69) is 0 Å². The molecular weight excluding hydrogens is 238 g/mol. The van der Waals surface area contributed by atoms with Crippen molar-refractivity contribution >= 4 is 11.6 Å². The van der Waals surface area contributed by atoms with Crippen LogP contribution in [0.5, 0.6) is 0 Å². The second-order valence-electron chi connectivity index (χ2n) is 5.83. The minimum atomic E-state index is -0.537. The molecule has 0 N–H and O–H groups in total. The van der Waals surface area contributed by atoms with E-state index in [0.717, 1.165) is 16.7 Å². The summed E-state index contributed by atoms with van der Waals surface area (Å²) in [6.45, 7) is 4.65. The number of rotatable bonds is 3. The zero-order chi connectivity index (χ0) is 14.2. The first-order valence-electron chi connectivity index (χ1n) is 6.68. The SMILES string of the molecule is Cc1ccc(C2C(=O)CC(CN(C)C)C2=O)c(C)c1. The summed E-state index contributed by atoms with van der Waals surface area (Å²) in [6, 6.07) is 5.94. The molecule has 3 heteroatoms. The molecular formula is C16H21NO2. The fraction of sp³-hybridized carbons (Fsp3) is 0.500. The first kappa shape index (κ1) is 13.9. The lowest BCUT2D eigenvalue weighted by atomic mass is 9.90. The number of aryl methyl sites for hydroxylation is 2. The van der Waals surface area contributed by atoms with Crippen LogP contribution < -0.4 is 0 Å². The van der Waals surface area contributed by atoms with Crippen molar-refractivity contribution in [1.82, 2.24) is 4.90 Å². The van der Waals surface area contributed by atoms with E-state index in [1.165, 1.54) is 0 Å². The first-order chi connectivity index (χ1) is 8.90. The third kappa shape index (κ3) is 2.76. The highest BCUT2D eigenvalue weighted by Crippen LogP contribution is 2.34. The Morgan fingerprint density at radius 3 is 2.47 bits per heavy atom.